The molecule has 4 aromatic rings. The number of nitrogens with one attached hydrogen (secondary N) is 1. The number of aliphatic hydroxyl groups excluding tert-OH is 2. The van der Waals surface area contributed by atoms with Crippen molar-refractivity contribution in [3.63, 3.8) is 0 Å². The van der Waals surface area contributed by atoms with Gasteiger partial charge in [0.15, 0.2) is 11.2 Å². The summed E-state index contributed by atoms with van der Waals surface area (Å²) in [7, 11) is 0. The highest BCUT2D eigenvalue weighted by molar-refractivity contribution is 5.70. The molecule has 32 heavy (non-hydrogen) atoms. The van der Waals surface area contributed by atoms with E-state index in [4.69, 9.17) is 20.7 Å². The third-order valence-electron chi connectivity index (χ3n) is 4.74. The van der Waals surface area contributed by atoms with E-state index in [1.54, 1.807) is 0 Å². The van der Waals surface area contributed by atoms with E-state index in [1.165, 1.54) is 22.0 Å². The Kier molecular flexibility index (Phi) is 8.50. The standard InChI is InChI=1S/C14H14.C9H13N5O4/c1-3-7-13(8-4-1)11-12-14-9-5-2-6-10-14;10-9-12-7-6(8(17)13-9)11-3-14(7)4-18-5(1-15)2-16/h1-10H,11-12H2;3,5,15-16H,1-2,4H2,(H3,10,12,13,17). The highest BCUT2D eigenvalue weighted by Gasteiger charge is 2.11. The molecule has 0 saturated carbocycles. The molecule has 0 saturated heterocycles. The maximum absolute atomic E-state index is 11.5. The maximum atomic E-state index is 11.5. The molecule has 0 unspecified atom stereocenters. The van der Waals surface area contributed by atoms with Gasteiger partial charge in [0.2, 0.25) is 5.95 Å². The number of aromatic nitrogens is 4. The minimum Gasteiger partial charge on any atom is -0.394 e. The van der Waals surface area contributed by atoms with E-state index in [1.807, 2.05) is 0 Å². The number of nitrogens with two attached hydrogens (primary N) is 1. The summed E-state index contributed by atoms with van der Waals surface area (Å²) >= 11 is 0. The third kappa shape index (κ3) is 6.48. The summed E-state index contributed by atoms with van der Waals surface area (Å²) in [5, 5.41) is 17.7. The highest BCUT2D eigenvalue weighted by Crippen LogP contribution is 2.08. The van der Waals surface area contributed by atoms with Crippen LogP contribution in [-0.2, 0) is 24.3 Å². The molecule has 168 valence electrons. The van der Waals surface area contributed by atoms with E-state index >= 15 is 0 Å². The predicted octanol–water partition coefficient (Wildman–Crippen LogP) is 1.50. The van der Waals surface area contributed by atoms with Crippen LogP contribution in [0.3, 0.4) is 0 Å². The van der Waals surface area contributed by atoms with Gasteiger partial charge in [0, 0.05) is 0 Å². The van der Waals surface area contributed by atoms with Gasteiger partial charge in [-0.1, -0.05) is 60.7 Å². The van der Waals surface area contributed by atoms with Crippen LogP contribution in [0.2, 0.25) is 0 Å². The summed E-state index contributed by atoms with van der Waals surface area (Å²) in [6, 6.07) is 21.2. The van der Waals surface area contributed by atoms with Crippen molar-refractivity contribution in [2.24, 2.45) is 0 Å². The molecular weight excluding hydrogens is 410 g/mol. The van der Waals surface area contributed by atoms with Crippen LogP contribution in [-0.4, -0.2) is 49.0 Å². The fourth-order valence-corrected chi connectivity index (χ4v) is 2.99. The summed E-state index contributed by atoms with van der Waals surface area (Å²) in [5.74, 6) is -0.0184. The summed E-state index contributed by atoms with van der Waals surface area (Å²) < 4.78 is 6.66. The van der Waals surface area contributed by atoms with Gasteiger partial charge in [0.25, 0.3) is 5.56 Å². The molecule has 4 rings (SSSR count). The lowest BCUT2D eigenvalue weighted by atomic mass is 10.0. The van der Waals surface area contributed by atoms with Gasteiger partial charge < -0.3 is 20.7 Å². The van der Waals surface area contributed by atoms with Crippen molar-refractivity contribution in [1.29, 1.82) is 0 Å². The first-order chi connectivity index (χ1) is 15.6. The van der Waals surface area contributed by atoms with Gasteiger partial charge in [-0.15, -0.1) is 0 Å². The van der Waals surface area contributed by atoms with Gasteiger partial charge >= 0.3 is 0 Å². The Labute approximate surface area is 185 Å². The van der Waals surface area contributed by atoms with Gasteiger partial charge in [-0.2, -0.15) is 4.98 Å². The Hall–Kier alpha value is -3.53. The summed E-state index contributed by atoms with van der Waals surface area (Å²) in [4.78, 5) is 21.6. The van der Waals surface area contributed by atoms with Crippen molar-refractivity contribution < 1.29 is 14.9 Å². The first-order valence-electron chi connectivity index (χ1n) is 10.2. The van der Waals surface area contributed by atoms with Gasteiger partial charge in [-0.25, -0.2) is 4.98 Å². The smallest absolute Gasteiger partial charge is 0.280 e. The van der Waals surface area contributed by atoms with Crippen LogP contribution in [0, 0.1) is 0 Å². The largest absolute Gasteiger partial charge is 0.394 e. The lowest BCUT2D eigenvalue weighted by Gasteiger charge is -2.12. The quantitative estimate of drug-likeness (QED) is 0.327. The zero-order chi connectivity index (χ0) is 22.8. The Bertz CT molecular complexity index is 1100. The summed E-state index contributed by atoms with van der Waals surface area (Å²) in [6.45, 7) is -0.614. The fraction of sp³-hybridized carbons (Fsp3) is 0.261. The molecule has 0 aliphatic carbocycles. The van der Waals surface area contributed by atoms with E-state index in [2.05, 4.69) is 75.6 Å². The summed E-state index contributed by atoms with van der Waals surface area (Å²) in [6.07, 6.45) is 2.94. The predicted molar refractivity (Wildman–Crippen MR) is 122 cm³/mol. The molecule has 0 atom stereocenters. The van der Waals surface area contributed by atoms with Gasteiger partial charge in [0.05, 0.1) is 19.5 Å². The van der Waals surface area contributed by atoms with Crippen LogP contribution in [0.1, 0.15) is 11.1 Å². The van der Waals surface area contributed by atoms with E-state index in [0.717, 1.165) is 12.8 Å². The number of ether oxygens (including phenoxy) is 1. The second-order valence-electron chi connectivity index (χ2n) is 7.09. The van der Waals surface area contributed by atoms with Crippen LogP contribution < -0.4 is 11.3 Å². The highest BCUT2D eigenvalue weighted by atomic mass is 16.5. The lowest BCUT2D eigenvalue weighted by Crippen LogP contribution is -2.23. The minimum absolute atomic E-state index is 0.00181. The normalized spacial score (nSPS) is 10.8. The van der Waals surface area contributed by atoms with Crippen molar-refractivity contribution in [2.75, 3.05) is 18.9 Å². The molecule has 5 N–H and O–H groups in total. The molecule has 2 aromatic heterocycles. The number of aliphatic hydroxyl groups is 2. The van der Waals surface area contributed by atoms with Crippen LogP contribution in [0.25, 0.3) is 11.2 Å². The van der Waals surface area contributed by atoms with Gasteiger partial charge in [0.1, 0.15) is 12.8 Å². The number of H-pyrrole nitrogens is 1. The number of hydrogen-bond acceptors (Lipinski definition) is 7. The molecule has 2 heterocycles. The molecule has 9 nitrogen and oxygen atoms in total. The zero-order valence-electron chi connectivity index (χ0n) is 17.6. The van der Waals surface area contributed by atoms with Crippen molar-refractivity contribution in [2.45, 2.75) is 25.7 Å². The van der Waals surface area contributed by atoms with Crippen LogP contribution in [0.4, 0.5) is 5.95 Å². The van der Waals surface area contributed by atoms with Crippen LogP contribution in [0.5, 0.6) is 0 Å². The van der Waals surface area contributed by atoms with Crippen molar-refractivity contribution >= 4 is 17.1 Å². The second kappa shape index (κ2) is 11.8. The number of anilines is 1. The molecule has 0 amide bonds. The lowest BCUT2D eigenvalue weighted by molar-refractivity contribution is -0.0488. The number of aryl methyl sites for hydroxylation is 2. The van der Waals surface area contributed by atoms with E-state index < -0.39 is 11.7 Å². The molecule has 0 spiro atoms. The average Bonchev–Trinajstić information content (AvgIpc) is 3.23. The zero-order valence-corrected chi connectivity index (χ0v) is 17.6. The van der Waals surface area contributed by atoms with Crippen molar-refractivity contribution in [3.05, 3.63) is 88.5 Å². The van der Waals surface area contributed by atoms with Gasteiger partial charge in [-0.3, -0.25) is 14.3 Å². The molecule has 0 radical (unpaired) electrons. The molecular formula is C23H27N5O4. The van der Waals surface area contributed by atoms with E-state index in [9.17, 15) is 4.79 Å². The molecule has 0 fully saturated rings. The fourth-order valence-electron chi connectivity index (χ4n) is 2.99. The summed E-state index contributed by atoms with van der Waals surface area (Å²) in [5.41, 5.74) is 8.26. The Morgan fingerprint density at radius 3 is 2.06 bits per heavy atom. The number of benzene rings is 2. The Morgan fingerprint density at radius 1 is 0.969 bits per heavy atom. The number of nitrogen functional groups attached to an aromatic ring is 1. The first kappa shape index (κ1) is 23.1. The molecule has 9 heteroatoms. The van der Waals surface area contributed by atoms with Crippen molar-refractivity contribution in [3.8, 4) is 0 Å². The number of nitrogens with zero attached hydrogens (tertiary/aromatic N) is 3. The topological polar surface area (TPSA) is 139 Å². The second-order valence-corrected chi connectivity index (χ2v) is 7.09. The molecule has 0 aliphatic rings. The molecule has 0 bridgehead atoms. The third-order valence-corrected chi connectivity index (χ3v) is 4.74. The first-order valence-corrected chi connectivity index (χ1v) is 10.2. The van der Waals surface area contributed by atoms with Crippen molar-refractivity contribution in [1.82, 2.24) is 19.5 Å². The van der Waals surface area contributed by atoms with Gasteiger partial charge in [-0.05, 0) is 24.0 Å². The molecule has 0 aliphatic heterocycles. The van der Waals surface area contributed by atoms with Crippen LogP contribution >= 0.6 is 0 Å². The number of rotatable bonds is 8. The average molecular weight is 438 g/mol. The number of aromatic amines is 1. The SMILES string of the molecule is Nc1nc2c(ncn2COC(CO)CO)c(=O)[nH]1.c1ccc(CCc2ccccc2)cc1. The van der Waals surface area contributed by atoms with E-state index in [0.29, 0.717) is 0 Å². The molecule has 2 aromatic carbocycles. The number of imidazole rings is 1. The van der Waals surface area contributed by atoms with Crippen LogP contribution in [0.15, 0.2) is 71.8 Å². The monoisotopic (exact) mass is 437 g/mol. The Morgan fingerprint density at radius 2 is 1.53 bits per heavy atom. The minimum atomic E-state index is -0.693. The Balaban J connectivity index is 0.000000186. The maximum Gasteiger partial charge on any atom is 0.280 e. The number of fused-ring (bicyclic) bond motifs is 1. The number of hydrogen-bond donors (Lipinski definition) is 4. The van der Waals surface area contributed by atoms with E-state index in [-0.39, 0.29) is 37.1 Å².